The second kappa shape index (κ2) is 16.0. The average Bonchev–Trinajstić information content (AvgIpc) is 2.95. The summed E-state index contributed by atoms with van der Waals surface area (Å²) in [6, 6.07) is 11.5. The third kappa shape index (κ3) is 9.75. The second-order valence-corrected chi connectivity index (χ2v) is 11.4. The lowest BCUT2D eigenvalue weighted by Gasteiger charge is -2.20. The Kier molecular flexibility index (Phi) is 13.1. The van der Waals surface area contributed by atoms with Crippen LogP contribution in [0.4, 0.5) is 23.0 Å². The molecular formula is C30H41ClN6O6. The Balaban J connectivity index is 0.000000329. The van der Waals surface area contributed by atoms with E-state index >= 15 is 0 Å². The quantitative estimate of drug-likeness (QED) is 0.107. The van der Waals surface area contributed by atoms with Gasteiger partial charge in [-0.3, -0.25) is 20.2 Å². The number of anilines is 2. The highest BCUT2D eigenvalue weighted by Crippen LogP contribution is 2.35. The van der Waals surface area contributed by atoms with Crippen LogP contribution in [0.15, 0.2) is 42.5 Å². The monoisotopic (exact) mass is 616 g/mol. The third-order valence-electron chi connectivity index (χ3n) is 6.96. The molecule has 43 heavy (non-hydrogen) atoms. The fourth-order valence-corrected chi connectivity index (χ4v) is 3.95. The molecule has 0 aliphatic rings. The first kappa shape index (κ1) is 35.2. The van der Waals surface area contributed by atoms with Crippen molar-refractivity contribution in [2.45, 2.75) is 66.5 Å². The predicted octanol–water partition coefficient (Wildman–Crippen LogP) is 7.32. The SMILES string of the molecule is CC(C)[C@@H](CO)Nc1nc(Cl)ccc1[N+](=O)[O-].COc1ccc(C(C)C)cc1-c1ccc([N+](=O)[O-])c(N[C@@H](C)C(C)C)n1. The van der Waals surface area contributed by atoms with Crippen LogP contribution in [-0.4, -0.2) is 50.7 Å². The van der Waals surface area contributed by atoms with Gasteiger partial charge in [0.1, 0.15) is 10.9 Å². The van der Waals surface area contributed by atoms with Crippen LogP contribution in [0.25, 0.3) is 11.3 Å². The number of benzene rings is 1. The van der Waals surface area contributed by atoms with Crippen molar-refractivity contribution in [3.8, 4) is 17.0 Å². The van der Waals surface area contributed by atoms with Crippen LogP contribution in [-0.2, 0) is 0 Å². The van der Waals surface area contributed by atoms with Gasteiger partial charge >= 0.3 is 11.4 Å². The Hall–Kier alpha value is -4.03. The van der Waals surface area contributed by atoms with Gasteiger partial charge in [-0.05, 0) is 54.5 Å². The second-order valence-electron chi connectivity index (χ2n) is 11.0. The Morgan fingerprint density at radius 3 is 1.93 bits per heavy atom. The maximum atomic E-state index is 11.4. The number of hydrogen-bond donors (Lipinski definition) is 3. The molecule has 3 N–H and O–H groups in total. The molecule has 3 aromatic rings. The van der Waals surface area contributed by atoms with E-state index in [-0.39, 0.29) is 52.8 Å². The van der Waals surface area contributed by atoms with Crippen molar-refractivity contribution in [3.05, 3.63) is 73.4 Å². The largest absolute Gasteiger partial charge is 0.496 e. The fraction of sp³-hybridized carbons (Fsp3) is 0.467. The smallest absolute Gasteiger partial charge is 0.311 e. The van der Waals surface area contributed by atoms with E-state index in [9.17, 15) is 20.2 Å². The molecule has 2 aromatic heterocycles. The number of pyridine rings is 2. The molecular weight excluding hydrogens is 576 g/mol. The van der Waals surface area contributed by atoms with Gasteiger partial charge in [-0.1, -0.05) is 59.2 Å². The molecule has 12 nitrogen and oxygen atoms in total. The number of rotatable bonds is 12. The number of aromatic nitrogens is 2. The molecule has 0 saturated carbocycles. The standard InChI is InChI=1S/C20H27N3O3.C10H14ClN3O3/c1-12(2)14(5)21-20-18(23(24)25)9-8-17(22-20)16-11-15(13(3)4)7-10-19(16)26-6;1-6(2)7(5-15)12-10-8(14(16)17)3-4-9(11)13-10/h7-14H,1-6H3,(H,21,22);3-4,6-7,15H,5H2,1-2H3,(H,12,13)/t14-;7-/m01/s1. The Labute approximate surface area is 257 Å². The Bertz CT molecular complexity index is 1400. The van der Waals surface area contributed by atoms with E-state index in [0.717, 1.165) is 11.1 Å². The lowest BCUT2D eigenvalue weighted by atomic mass is 9.98. The van der Waals surface area contributed by atoms with E-state index in [0.29, 0.717) is 23.3 Å². The Morgan fingerprint density at radius 2 is 1.44 bits per heavy atom. The molecule has 1 aromatic carbocycles. The first-order chi connectivity index (χ1) is 20.2. The summed E-state index contributed by atoms with van der Waals surface area (Å²) in [4.78, 5) is 29.7. The van der Waals surface area contributed by atoms with Crippen molar-refractivity contribution in [1.82, 2.24) is 9.97 Å². The van der Waals surface area contributed by atoms with Crippen LogP contribution in [0.2, 0.25) is 5.15 Å². The number of aliphatic hydroxyl groups is 1. The highest BCUT2D eigenvalue weighted by molar-refractivity contribution is 6.29. The van der Waals surface area contributed by atoms with E-state index in [4.69, 9.17) is 21.4 Å². The van der Waals surface area contributed by atoms with E-state index in [1.807, 2.05) is 39.0 Å². The normalized spacial score (nSPS) is 12.4. The van der Waals surface area contributed by atoms with Crippen molar-refractivity contribution >= 4 is 34.6 Å². The van der Waals surface area contributed by atoms with Gasteiger partial charge in [-0.2, -0.15) is 0 Å². The molecule has 234 valence electrons. The summed E-state index contributed by atoms with van der Waals surface area (Å²) in [5, 5.41) is 37.5. The summed E-state index contributed by atoms with van der Waals surface area (Å²) in [7, 11) is 1.61. The van der Waals surface area contributed by atoms with Gasteiger partial charge in [0.15, 0.2) is 0 Å². The van der Waals surface area contributed by atoms with Gasteiger partial charge in [0.2, 0.25) is 11.6 Å². The predicted molar refractivity (Wildman–Crippen MR) is 170 cm³/mol. The van der Waals surface area contributed by atoms with E-state index in [1.165, 1.54) is 18.2 Å². The molecule has 0 amide bonds. The van der Waals surface area contributed by atoms with Crippen LogP contribution in [0.1, 0.15) is 59.9 Å². The zero-order valence-corrected chi connectivity index (χ0v) is 26.5. The first-order valence-electron chi connectivity index (χ1n) is 14.0. The summed E-state index contributed by atoms with van der Waals surface area (Å²) in [6.07, 6.45) is 0. The van der Waals surface area contributed by atoms with Crippen LogP contribution in [0.3, 0.4) is 0 Å². The fourth-order valence-electron chi connectivity index (χ4n) is 3.80. The van der Waals surface area contributed by atoms with Crippen LogP contribution >= 0.6 is 11.6 Å². The molecule has 0 saturated heterocycles. The van der Waals surface area contributed by atoms with Gasteiger partial charge < -0.3 is 20.5 Å². The highest BCUT2D eigenvalue weighted by Gasteiger charge is 2.22. The lowest BCUT2D eigenvalue weighted by molar-refractivity contribution is -0.384. The minimum atomic E-state index is -0.541. The number of hydrogen-bond acceptors (Lipinski definition) is 10. The number of nitrogens with one attached hydrogen (secondary N) is 2. The summed E-state index contributed by atoms with van der Waals surface area (Å²) in [5.74, 6) is 1.84. The molecule has 2 heterocycles. The van der Waals surface area contributed by atoms with Gasteiger partial charge in [0.05, 0.1) is 35.3 Å². The topological polar surface area (TPSA) is 166 Å². The van der Waals surface area contributed by atoms with Gasteiger partial charge in [-0.25, -0.2) is 9.97 Å². The zero-order chi connectivity index (χ0) is 32.4. The molecule has 13 heteroatoms. The van der Waals surface area contributed by atoms with Crippen molar-refractivity contribution in [3.63, 3.8) is 0 Å². The molecule has 0 spiro atoms. The van der Waals surface area contributed by atoms with Gasteiger partial charge in [0.25, 0.3) is 0 Å². The van der Waals surface area contributed by atoms with E-state index < -0.39 is 9.85 Å². The zero-order valence-electron chi connectivity index (χ0n) is 25.8. The molecule has 3 rings (SSSR count). The first-order valence-corrected chi connectivity index (χ1v) is 14.4. The third-order valence-corrected chi connectivity index (χ3v) is 7.17. The Morgan fingerprint density at radius 1 is 0.860 bits per heavy atom. The number of methoxy groups -OCH3 is 1. The molecule has 0 unspecified atom stereocenters. The number of nitro groups is 2. The minimum Gasteiger partial charge on any atom is -0.496 e. The van der Waals surface area contributed by atoms with Crippen LogP contribution in [0, 0.1) is 32.1 Å². The van der Waals surface area contributed by atoms with E-state index in [2.05, 4.69) is 48.3 Å². The van der Waals surface area contributed by atoms with Gasteiger partial charge in [-0.15, -0.1) is 0 Å². The van der Waals surface area contributed by atoms with Crippen molar-refractivity contribution in [1.29, 1.82) is 0 Å². The number of aliphatic hydroxyl groups excluding tert-OH is 1. The summed E-state index contributed by atoms with van der Waals surface area (Å²) in [6.45, 7) is 14.0. The summed E-state index contributed by atoms with van der Waals surface area (Å²) < 4.78 is 5.48. The highest BCUT2D eigenvalue weighted by atomic mass is 35.5. The summed E-state index contributed by atoms with van der Waals surface area (Å²) in [5.41, 5.74) is 2.45. The molecule has 0 aliphatic heterocycles. The minimum absolute atomic E-state index is 0.0276. The van der Waals surface area contributed by atoms with E-state index in [1.54, 1.807) is 13.2 Å². The summed E-state index contributed by atoms with van der Waals surface area (Å²) >= 11 is 5.69. The maximum Gasteiger partial charge on any atom is 0.311 e. The number of ether oxygens (including phenoxy) is 1. The van der Waals surface area contributed by atoms with Crippen LogP contribution < -0.4 is 15.4 Å². The maximum absolute atomic E-state index is 11.4. The van der Waals surface area contributed by atoms with Gasteiger partial charge in [0, 0.05) is 23.7 Å². The molecule has 0 aliphatic carbocycles. The van der Waals surface area contributed by atoms with Crippen LogP contribution in [0.5, 0.6) is 5.75 Å². The van der Waals surface area contributed by atoms with Crippen molar-refractivity contribution in [2.24, 2.45) is 11.8 Å². The number of halogens is 1. The molecule has 0 bridgehead atoms. The lowest BCUT2D eigenvalue weighted by Crippen LogP contribution is -2.30. The molecule has 2 atom stereocenters. The van der Waals surface area contributed by atoms with Crippen molar-refractivity contribution < 1.29 is 19.7 Å². The average molecular weight is 617 g/mol. The van der Waals surface area contributed by atoms with Crippen molar-refractivity contribution in [2.75, 3.05) is 24.4 Å². The molecule has 0 radical (unpaired) electrons. The molecule has 0 fully saturated rings. The number of nitrogens with zero attached hydrogens (tertiary/aromatic N) is 4.